The average molecular weight is 154 g/mol. The van der Waals surface area contributed by atoms with Gasteiger partial charge >= 0.3 is 0 Å². The molecule has 0 aliphatic carbocycles. The fourth-order valence-corrected chi connectivity index (χ4v) is 1.39. The zero-order chi connectivity index (χ0) is 7.94. The Kier molecular flexibility index (Phi) is 4.24. The third-order valence-corrected chi connectivity index (χ3v) is 2.04. The molecule has 0 amide bonds. The van der Waals surface area contributed by atoms with Gasteiger partial charge in [0.15, 0.2) is 0 Å². The molecular formula is C9H18N2. The lowest BCUT2D eigenvalue weighted by Crippen LogP contribution is -2.32. The van der Waals surface area contributed by atoms with Gasteiger partial charge in [-0.2, -0.15) is 0 Å². The minimum Gasteiger partial charge on any atom is -0.316 e. The van der Waals surface area contributed by atoms with Gasteiger partial charge in [-0.25, -0.2) is 0 Å². The Morgan fingerprint density at radius 2 is 2.45 bits per heavy atom. The highest BCUT2D eigenvalue weighted by molar-refractivity contribution is 4.95. The van der Waals surface area contributed by atoms with Crippen LogP contribution in [0.15, 0.2) is 12.2 Å². The van der Waals surface area contributed by atoms with Crippen LogP contribution in [0.3, 0.4) is 0 Å². The molecule has 11 heavy (non-hydrogen) atoms. The minimum atomic E-state index is 0.636. The van der Waals surface area contributed by atoms with Gasteiger partial charge in [0, 0.05) is 12.6 Å². The molecule has 2 N–H and O–H groups in total. The highest BCUT2D eigenvalue weighted by Crippen LogP contribution is 2.07. The molecule has 1 heterocycles. The lowest BCUT2D eigenvalue weighted by molar-refractivity contribution is 0.454. The van der Waals surface area contributed by atoms with Gasteiger partial charge in [0.1, 0.15) is 0 Å². The Hall–Kier alpha value is -0.340. The van der Waals surface area contributed by atoms with Crippen molar-refractivity contribution in [1.29, 1.82) is 0 Å². The second kappa shape index (κ2) is 5.33. The van der Waals surface area contributed by atoms with Crippen molar-refractivity contribution in [1.82, 2.24) is 10.6 Å². The van der Waals surface area contributed by atoms with E-state index < -0.39 is 0 Å². The molecule has 0 radical (unpaired) electrons. The van der Waals surface area contributed by atoms with Crippen LogP contribution in [-0.4, -0.2) is 26.2 Å². The molecule has 0 aromatic carbocycles. The number of likely N-dealkylation sites (N-methyl/N-ethyl adjacent to an activating group) is 1. The molecule has 1 aliphatic rings. The summed E-state index contributed by atoms with van der Waals surface area (Å²) in [6.07, 6.45) is 8.50. The smallest absolute Gasteiger partial charge is 0.0250 e. The van der Waals surface area contributed by atoms with Crippen molar-refractivity contribution in [2.45, 2.75) is 25.3 Å². The molecule has 0 aromatic rings. The first-order valence-electron chi connectivity index (χ1n) is 4.48. The molecule has 0 bridgehead atoms. The number of nitrogens with one attached hydrogen (secondary N) is 2. The highest BCUT2D eigenvalue weighted by atomic mass is 14.9. The van der Waals surface area contributed by atoms with Gasteiger partial charge in [-0.05, 0) is 26.4 Å². The summed E-state index contributed by atoms with van der Waals surface area (Å²) >= 11 is 0. The Balaban J connectivity index is 2.13. The van der Waals surface area contributed by atoms with Crippen molar-refractivity contribution in [3.05, 3.63) is 12.2 Å². The molecule has 0 saturated carbocycles. The largest absolute Gasteiger partial charge is 0.316 e. The quantitative estimate of drug-likeness (QED) is 0.590. The van der Waals surface area contributed by atoms with E-state index in [0.717, 1.165) is 6.54 Å². The Morgan fingerprint density at radius 1 is 1.55 bits per heavy atom. The fraction of sp³-hybridized carbons (Fsp3) is 0.778. The van der Waals surface area contributed by atoms with Crippen molar-refractivity contribution < 1.29 is 0 Å². The highest BCUT2D eigenvalue weighted by Gasteiger charge is 2.07. The standard InChI is InChI=1S/C9H18N2/c1-10-7-4-6-9-5-2-3-8-11-9/h4,6,9-11H,2-3,5,7-8H2,1H3/b6-4-. The average Bonchev–Trinajstić information content (AvgIpc) is 2.07. The van der Waals surface area contributed by atoms with Crippen LogP contribution in [0.5, 0.6) is 0 Å². The summed E-state index contributed by atoms with van der Waals surface area (Å²) in [6.45, 7) is 2.17. The van der Waals surface area contributed by atoms with Crippen molar-refractivity contribution in [2.75, 3.05) is 20.1 Å². The molecule has 1 fully saturated rings. The Labute approximate surface area is 69.1 Å². The first-order chi connectivity index (χ1) is 5.43. The first kappa shape index (κ1) is 8.75. The van der Waals surface area contributed by atoms with E-state index in [1.54, 1.807) is 0 Å². The number of rotatable bonds is 3. The van der Waals surface area contributed by atoms with E-state index in [-0.39, 0.29) is 0 Å². The van der Waals surface area contributed by atoms with Gasteiger partial charge in [0.25, 0.3) is 0 Å². The van der Waals surface area contributed by atoms with Crippen LogP contribution >= 0.6 is 0 Å². The molecule has 1 unspecified atom stereocenters. The Morgan fingerprint density at radius 3 is 3.09 bits per heavy atom. The molecule has 1 aliphatic heterocycles. The summed E-state index contributed by atoms with van der Waals surface area (Å²) in [4.78, 5) is 0. The third kappa shape index (κ3) is 3.54. The van der Waals surface area contributed by atoms with Crippen molar-refractivity contribution in [3.8, 4) is 0 Å². The lowest BCUT2D eigenvalue weighted by Gasteiger charge is -2.19. The molecule has 1 rings (SSSR count). The van der Waals surface area contributed by atoms with Gasteiger partial charge in [-0.15, -0.1) is 0 Å². The molecule has 0 aromatic heterocycles. The molecular weight excluding hydrogens is 136 g/mol. The second-order valence-electron chi connectivity index (χ2n) is 3.04. The SMILES string of the molecule is CNC/C=C\C1CCCCN1. The molecule has 1 atom stereocenters. The zero-order valence-corrected chi connectivity index (χ0v) is 7.27. The van der Waals surface area contributed by atoms with E-state index in [2.05, 4.69) is 22.8 Å². The van der Waals surface area contributed by atoms with E-state index in [1.165, 1.54) is 25.8 Å². The van der Waals surface area contributed by atoms with E-state index in [9.17, 15) is 0 Å². The third-order valence-electron chi connectivity index (χ3n) is 2.04. The summed E-state index contributed by atoms with van der Waals surface area (Å²) in [7, 11) is 1.97. The molecule has 2 nitrogen and oxygen atoms in total. The van der Waals surface area contributed by atoms with E-state index in [0.29, 0.717) is 6.04 Å². The summed E-state index contributed by atoms with van der Waals surface area (Å²) in [6, 6.07) is 0.636. The van der Waals surface area contributed by atoms with Gasteiger partial charge in [0.2, 0.25) is 0 Å². The predicted octanol–water partition coefficient (Wildman–Crippen LogP) is 0.904. The first-order valence-corrected chi connectivity index (χ1v) is 4.48. The van der Waals surface area contributed by atoms with Gasteiger partial charge < -0.3 is 10.6 Å². The summed E-state index contributed by atoms with van der Waals surface area (Å²) in [5.74, 6) is 0. The van der Waals surface area contributed by atoms with Crippen LogP contribution in [0.2, 0.25) is 0 Å². The molecule has 0 spiro atoms. The molecule has 1 saturated heterocycles. The normalized spacial score (nSPS) is 26.1. The van der Waals surface area contributed by atoms with Gasteiger partial charge in [0.05, 0.1) is 0 Å². The summed E-state index contributed by atoms with van der Waals surface area (Å²) < 4.78 is 0. The Bertz CT molecular complexity index is 115. The van der Waals surface area contributed by atoms with E-state index in [1.807, 2.05) is 7.05 Å². The fourth-order valence-electron chi connectivity index (χ4n) is 1.39. The maximum Gasteiger partial charge on any atom is 0.0250 e. The van der Waals surface area contributed by atoms with Crippen molar-refractivity contribution in [2.24, 2.45) is 0 Å². The van der Waals surface area contributed by atoms with E-state index >= 15 is 0 Å². The van der Waals surface area contributed by atoms with E-state index in [4.69, 9.17) is 0 Å². The molecule has 64 valence electrons. The minimum absolute atomic E-state index is 0.636. The lowest BCUT2D eigenvalue weighted by atomic mass is 10.0. The van der Waals surface area contributed by atoms with Gasteiger partial charge in [-0.1, -0.05) is 18.6 Å². The summed E-state index contributed by atoms with van der Waals surface area (Å²) in [5, 5.41) is 6.56. The monoisotopic (exact) mass is 154 g/mol. The summed E-state index contributed by atoms with van der Waals surface area (Å²) in [5.41, 5.74) is 0. The zero-order valence-electron chi connectivity index (χ0n) is 7.27. The van der Waals surface area contributed by atoms with Crippen LogP contribution in [0.4, 0.5) is 0 Å². The second-order valence-corrected chi connectivity index (χ2v) is 3.04. The van der Waals surface area contributed by atoms with Crippen LogP contribution in [0, 0.1) is 0 Å². The van der Waals surface area contributed by atoms with Crippen LogP contribution < -0.4 is 10.6 Å². The number of hydrogen-bond acceptors (Lipinski definition) is 2. The number of piperidine rings is 1. The maximum absolute atomic E-state index is 3.46. The maximum atomic E-state index is 3.46. The van der Waals surface area contributed by atoms with Crippen LogP contribution in [0.25, 0.3) is 0 Å². The predicted molar refractivity (Wildman–Crippen MR) is 48.7 cm³/mol. The van der Waals surface area contributed by atoms with Gasteiger partial charge in [-0.3, -0.25) is 0 Å². The van der Waals surface area contributed by atoms with Crippen molar-refractivity contribution in [3.63, 3.8) is 0 Å². The topological polar surface area (TPSA) is 24.1 Å². The number of hydrogen-bond donors (Lipinski definition) is 2. The van der Waals surface area contributed by atoms with Crippen molar-refractivity contribution >= 4 is 0 Å². The molecule has 2 heteroatoms. The van der Waals surface area contributed by atoms with Crippen LogP contribution in [-0.2, 0) is 0 Å². The van der Waals surface area contributed by atoms with Crippen LogP contribution in [0.1, 0.15) is 19.3 Å².